The second-order valence-corrected chi connectivity index (χ2v) is 5.16. The molecule has 0 aromatic heterocycles. The van der Waals surface area contributed by atoms with Gasteiger partial charge in [0.25, 0.3) is 5.91 Å². The number of para-hydroxylation sites is 1. The van der Waals surface area contributed by atoms with E-state index in [2.05, 4.69) is 5.32 Å². The average molecular weight is 262 g/mol. The molecule has 4 nitrogen and oxygen atoms in total. The zero-order valence-electron chi connectivity index (χ0n) is 11.4. The maximum Gasteiger partial charge on any atom is 0.258 e. The third kappa shape index (κ3) is 3.96. The van der Waals surface area contributed by atoms with Crippen molar-refractivity contribution in [3.8, 4) is 5.75 Å². The van der Waals surface area contributed by atoms with Gasteiger partial charge in [-0.2, -0.15) is 0 Å². The highest BCUT2D eigenvalue weighted by molar-refractivity contribution is 5.77. The molecule has 1 fully saturated rings. The summed E-state index contributed by atoms with van der Waals surface area (Å²) in [5, 5.41) is 3.00. The Balaban J connectivity index is 1.86. The summed E-state index contributed by atoms with van der Waals surface area (Å²) in [6.45, 7) is 1.96. The molecule has 1 amide bonds. The average Bonchev–Trinajstić information content (AvgIpc) is 2.89. The van der Waals surface area contributed by atoms with Gasteiger partial charge in [-0.1, -0.05) is 31.0 Å². The van der Waals surface area contributed by atoms with Crippen molar-refractivity contribution in [2.45, 2.75) is 44.7 Å². The molecule has 0 radical (unpaired) electrons. The molecule has 0 spiro atoms. The van der Waals surface area contributed by atoms with Crippen LogP contribution in [0.15, 0.2) is 24.3 Å². The quantitative estimate of drug-likeness (QED) is 0.854. The number of amides is 1. The minimum Gasteiger partial charge on any atom is -0.483 e. The van der Waals surface area contributed by atoms with Gasteiger partial charge in [-0.05, 0) is 25.8 Å². The van der Waals surface area contributed by atoms with Gasteiger partial charge in [0.2, 0.25) is 0 Å². The monoisotopic (exact) mass is 262 g/mol. The van der Waals surface area contributed by atoms with Crippen LogP contribution < -0.4 is 15.8 Å². The topological polar surface area (TPSA) is 64.3 Å². The molecule has 19 heavy (non-hydrogen) atoms. The fourth-order valence-corrected chi connectivity index (χ4v) is 2.47. The predicted molar refractivity (Wildman–Crippen MR) is 74.9 cm³/mol. The maximum atomic E-state index is 11.8. The Morgan fingerprint density at radius 1 is 1.42 bits per heavy atom. The number of carbonyl (C=O) groups is 1. The van der Waals surface area contributed by atoms with Crippen LogP contribution in [0.1, 0.15) is 44.2 Å². The van der Waals surface area contributed by atoms with E-state index in [0.717, 1.165) is 18.4 Å². The zero-order valence-corrected chi connectivity index (χ0v) is 11.4. The summed E-state index contributed by atoms with van der Waals surface area (Å²) in [7, 11) is 0. The van der Waals surface area contributed by atoms with Gasteiger partial charge in [-0.3, -0.25) is 4.79 Å². The normalized spacial score (nSPS) is 17.2. The first-order chi connectivity index (χ1) is 9.16. The molecule has 1 atom stereocenters. The molecule has 1 saturated carbocycles. The maximum absolute atomic E-state index is 11.8. The minimum absolute atomic E-state index is 0.0497. The SMILES string of the molecule is C[C@H](N)c1ccccc1OCC(=O)NC1CCCC1. The Hall–Kier alpha value is -1.55. The lowest BCUT2D eigenvalue weighted by Gasteiger charge is -2.15. The van der Waals surface area contributed by atoms with Gasteiger partial charge in [-0.15, -0.1) is 0 Å². The van der Waals surface area contributed by atoms with Gasteiger partial charge in [-0.25, -0.2) is 0 Å². The molecule has 3 N–H and O–H groups in total. The van der Waals surface area contributed by atoms with Crippen molar-refractivity contribution in [3.05, 3.63) is 29.8 Å². The molecule has 1 aromatic rings. The highest BCUT2D eigenvalue weighted by Gasteiger charge is 2.17. The Morgan fingerprint density at radius 3 is 2.79 bits per heavy atom. The van der Waals surface area contributed by atoms with Crippen LogP contribution in [0.2, 0.25) is 0 Å². The van der Waals surface area contributed by atoms with Crippen LogP contribution in [0.3, 0.4) is 0 Å². The summed E-state index contributed by atoms with van der Waals surface area (Å²) in [6, 6.07) is 7.81. The Morgan fingerprint density at radius 2 is 2.11 bits per heavy atom. The Bertz CT molecular complexity index is 426. The first-order valence-corrected chi connectivity index (χ1v) is 6.93. The molecule has 2 rings (SSSR count). The number of hydrogen-bond donors (Lipinski definition) is 2. The molecule has 0 saturated heterocycles. The molecule has 0 heterocycles. The van der Waals surface area contributed by atoms with Gasteiger partial charge in [0.05, 0.1) is 0 Å². The van der Waals surface area contributed by atoms with E-state index in [1.807, 2.05) is 31.2 Å². The first-order valence-electron chi connectivity index (χ1n) is 6.93. The third-order valence-corrected chi connectivity index (χ3v) is 3.49. The van der Waals surface area contributed by atoms with Crippen molar-refractivity contribution in [2.24, 2.45) is 5.73 Å². The van der Waals surface area contributed by atoms with Crippen LogP contribution >= 0.6 is 0 Å². The molecule has 1 aliphatic carbocycles. The molecular formula is C15H22N2O2. The molecule has 0 bridgehead atoms. The molecule has 104 valence electrons. The lowest BCUT2D eigenvalue weighted by Crippen LogP contribution is -2.36. The summed E-state index contributed by atoms with van der Waals surface area (Å²) in [5.41, 5.74) is 6.80. The minimum atomic E-state index is -0.103. The van der Waals surface area contributed by atoms with Crippen molar-refractivity contribution in [3.63, 3.8) is 0 Å². The van der Waals surface area contributed by atoms with Crippen LogP contribution in [-0.4, -0.2) is 18.6 Å². The van der Waals surface area contributed by atoms with Gasteiger partial charge >= 0.3 is 0 Å². The number of hydrogen-bond acceptors (Lipinski definition) is 3. The van der Waals surface area contributed by atoms with E-state index in [0.29, 0.717) is 11.8 Å². The molecule has 0 aliphatic heterocycles. The highest BCUT2D eigenvalue weighted by Crippen LogP contribution is 2.23. The van der Waals surface area contributed by atoms with E-state index in [1.165, 1.54) is 12.8 Å². The van der Waals surface area contributed by atoms with Crippen LogP contribution in [0.25, 0.3) is 0 Å². The zero-order chi connectivity index (χ0) is 13.7. The van der Waals surface area contributed by atoms with E-state index in [1.54, 1.807) is 0 Å². The van der Waals surface area contributed by atoms with E-state index in [-0.39, 0.29) is 18.6 Å². The molecule has 1 aliphatic rings. The smallest absolute Gasteiger partial charge is 0.258 e. The van der Waals surface area contributed by atoms with E-state index >= 15 is 0 Å². The second kappa shape index (κ2) is 6.57. The molecular weight excluding hydrogens is 240 g/mol. The largest absolute Gasteiger partial charge is 0.483 e. The Labute approximate surface area is 114 Å². The number of ether oxygens (including phenoxy) is 1. The fourth-order valence-electron chi connectivity index (χ4n) is 2.47. The van der Waals surface area contributed by atoms with E-state index in [9.17, 15) is 4.79 Å². The third-order valence-electron chi connectivity index (χ3n) is 3.49. The van der Waals surface area contributed by atoms with Gasteiger partial charge in [0.15, 0.2) is 6.61 Å². The first kappa shape index (κ1) is 13.9. The van der Waals surface area contributed by atoms with Gasteiger partial charge in [0, 0.05) is 17.6 Å². The lowest BCUT2D eigenvalue weighted by molar-refractivity contribution is -0.123. The van der Waals surface area contributed by atoms with Crippen molar-refractivity contribution in [1.29, 1.82) is 0 Å². The molecule has 4 heteroatoms. The number of nitrogens with two attached hydrogens (primary N) is 1. The van der Waals surface area contributed by atoms with Crippen molar-refractivity contribution >= 4 is 5.91 Å². The van der Waals surface area contributed by atoms with Crippen molar-refractivity contribution < 1.29 is 9.53 Å². The summed E-state index contributed by atoms with van der Waals surface area (Å²) >= 11 is 0. The number of rotatable bonds is 5. The summed E-state index contributed by atoms with van der Waals surface area (Å²) < 4.78 is 5.58. The Kier molecular flexibility index (Phi) is 4.80. The fraction of sp³-hybridized carbons (Fsp3) is 0.533. The van der Waals surface area contributed by atoms with Crippen LogP contribution in [0.4, 0.5) is 0 Å². The van der Waals surface area contributed by atoms with Crippen molar-refractivity contribution in [1.82, 2.24) is 5.32 Å². The highest BCUT2D eigenvalue weighted by atomic mass is 16.5. The van der Waals surface area contributed by atoms with Crippen molar-refractivity contribution in [2.75, 3.05) is 6.61 Å². The molecule has 1 aromatic carbocycles. The summed E-state index contributed by atoms with van der Waals surface area (Å²) in [5.74, 6) is 0.644. The van der Waals surface area contributed by atoms with Gasteiger partial charge in [0.1, 0.15) is 5.75 Å². The van der Waals surface area contributed by atoms with Crippen LogP contribution in [0.5, 0.6) is 5.75 Å². The number of nitrogens with one attached hydrogen (secondary N) is 1. The molecule has 0 unspecified atom stereocenters. The van der Waals surface area contributed by atoms with Crippen LogP contribution in [-0.2, 0) is 4.79 Å². The van der Waals surface area contributed by atoms with Gasteiger partial charge < -0.3 is 15.8 Å². The summed E-state index contributed by atoms with van der Waals surface area (Å²) in [4.78, 5) is 11.8. The van der Waals surface area contributed by atoms with E-state index in [4.69, 9.17) is 10.5 Å². The summed E-state index contributed by atoms with van der Waals surface area (Å²) in [6.07, 6.45) is 4.59. The lowest BCUT2D eigenvalue weighted by atomic mass is 10.1. The number of carbonyl (C=O) groups excluding carboxylic acids is 1. The van der Waals surface area contributed by atoms with E-state index < -0.39 is 0 Å². The second-order valence-electron chi connectivity index (χ2n) is 5.16. The number of benzene rings is 1. The van der Waals surface area contributed by atoms with Crippen LogP contribution in [0, 0.1) is 0 Å². The predicted octanol–water partition coefficient (Wildman–Crippen LogP) is 2.14. The standard InChI is InChI=1S/C15H22N2O2/c1-11(16)13-8-4-5-9-14(13)19-10-15(18)17-12-6-2-3-7-12/h4-5,8-9,11-12H,2-3,6-7,10,16H2,1H3,(H,17,18)/t11-/m0/s1.